The second-order valence-corrected chi connectivity index (χ2v) is 5.30. The zero-order valence-corrected chi connectivity index (χ0v) is 11.0. The topological polar surface area (TPSA) is 29.0 Å². The van der Waals surface area contributed by atoms with Crippen LogP contribution in [0.1, 0.15) is 27.7 Å². The van der Waals surface area contributed by atoms with Gasteiger partial charge in [-0.1, -0.05) is 20.8 Å². The largest absolute Gasteiger partial charge is 0.354 e. The van der Waals surface area contributed by atoms with Gasteiger partial charge in [-0.25, -0.2) is 9.37 Å². The molecule has 1 unspecified atom stereocenters. The zero-order valence-electron chi connectivity index (χ0n) is 10.3. The van der Waals surface area contributed by atoms with Crippen LogP contribution in [0.4, 0.5) is 10.2 Å². The van der Waals surface area contributed by atoms with E-state index in [-0.39, 0.29) is 22.6 Å². The molecule has 0 bridgehead atoms. The quantitative estimate of drug-likeness (QED) is 0.750. The normalized spacial score (nSPS) is 13.7. The van der Waals surface area contributed by atoms with Crippen molar-refractivity contribution in [2.45, 2.75) is 33.7 Å². The van der Waals surface area contributed by atoms with Crippen molar-refractivity contribution in [2.24, 2.45) is 5.41 Å². The van der Waals surface area contributed by atoms with E-state index in [9.17, 15) is 4.39 Å². The molecule has 1 aromatic rings. The highest BCUT2D eigenvalue weighted by Crippen LogP contribution is 2.27. The molecule has 0 aliphatic carbocycles. The summed E-state index contributed by atoms with van der Waals surface area (Å²) in [6.07, 6.45) is 1.09. The van der Waals surface area contributed by atoms with E-state index in [1.165, 1.54) is 0 Å². The highest BCUT2D eigenvalue weighted by molar-refractivity contribution is 6.28. The van der Waals surface area contributed by atoms with Gasteiger partial charge in [-0.15, -0.1) is 0 Å². The minimum atomic E-state index is -0.456. The van der Waals surface area contributed by atoms with E-state index in [2.05, 4.69) is 30.7 Å². The van der Waals surface area contributed by atoms with Crippen molar-refractivity contribution < 1.29 is 4.39 Å². The van der Waals surface area contributed by atoms with Gasteiger partial charge in [-0.3, -0.25) is 0 Å². The van der Waals surface area contributed by atoms with Gasteiger partial charge in [0.25, 0.3) is 0 Å². The van der Waals surface area contributed by atoms with Crippen LogP contribution in [-0.2, 0) is 0 Å². The van der Waals surface area contributed by atoms with E-state index in [1.54, 1.807) is 11.9 Å². The predicted molar refractivity (Wildman–Crippen MR) is 64.3 cm³/mol. The summed E-state index contributed by atoms with van der Waals surface area (Å²) >= 11 is 5.66. The van der Waals surface area contributed by atoms with Crippen LogP contribution in [-0.4, -0.2) is 23.1 Å². The van der Waals surface area contributed by atoms with E-state index in [4.69, 9.17) is 11.6 Å². The van der Waals surface area contributed by atoms with Crippen molar-refractivity contribution >= 4 is 17.4 Å². The molecule has 0 saturated carbocycles. The molecular formula is C11H17ClFN3. The Morgan fingerprint density at radius 3 is 2.50 bits per heavy atom. The number of nitrogens with zero attached hydrogens (tertiary/aromatic N) is 3. The van der Waals surface area contributed by atoms with Gasteiger partial charge in [0.15, 0.2) is 11.6 Å². The maximum atomic E-state index is 13.5. The first-order valence-corrected chi connectivity index (χ1v) is 5.52. The Balaban J connectivity index is 3.05. The van der Waals surface area contributed by atoms with E-state index in [0.717, 1.165) is 6.20 Å². The average Bonchev–Trinajstić information content (AvgIpc) is 2.18. The number of rotatable bonds is 2. The molecule has 1 atom stereocenters. The molecule has 0 N–H and O–H groups in total. The molecule has 90 valence electrons. The Morgan fingerprint density at radius 2 is 2.00 bits per heavy atom. The summed E-state index contributed by atoms with van der Waals surface area (Å²) in [7, 11) is 1.80. The summed E-state index contributed by atoms with van der Waals surface area (Å²) in [4.78, 5) is 9.29. The van der Waals surface area contributed by atoms with Crippen molar-refractivity contribution in [3.63, 3.8) is 0 Å². The summed E-state index contributed by atoms with van der Waals surface area (Å²) < 4.78 is 13.5. The van der Waals surface area contributed by atoms with Crippen LogP contribution in [0.2, 0.25) is 5.28 Å². The van der Waals surface area contributed by atoms with Crippen molar-refractivity contribution in [1.82, 2.24) is 9.97 Å². The first kappa shape index (κ1) is 13.2. The lowest BCUT2D eigenvalue weighted by atomic mass is 9.87. The maximum Gasteiger partial charge on any atom is 0.224 e. The Hall–Kier alpha value is -0.900. The van der Waals surface area contributed by atoms with Gasteiger partial charge in [0.2, 0.25) is 5.28 Å². The van der Waals surface area contributed by atoms with Gasteiger partial charge in [0, 0.05) is 13.1 Å². The molecule has 0 spiro atoms. The lowest BCUT2D eigenvalue weighted by molar-refractivity contribution is 0.326. The molecule has 0 aliphatic heterocycles. The van der Waals surface area contributed by atoms with E-state index < -0.39 is 5.82 Å². The summed E-state index contributed by atoms with van der Waals surface area (Å²) in [6, 6.07) is 0.132. The molecule has 0 radical (unpaired) electrons. The molecule has 0 saturated heterocycles. The van der Waals surface area contributed by atoms with Crippen LogP contribution in [0.5, 0.6) is 0 Å². The molecule has 5 heteroatoms. The second-order valence-electron chi connectivity index (χ2n) is 4.96. The molecule has 1 heterocycles. The van der Waals surface area contributed by atoms with E-state index in [1.807, 2.05) is 6.92 Å². The van der Waals surface area contributed by atoms with Gasteiger partial charge in [0.1, 0.15) is 0 Å². The fourth-order valence-corrected chi connectivity index (χ4v) is 1.48. The number of hydrogen-bond donors (Lipinski definition) is 0. The van der Waals surface area contributed by atoms with Crippen LogP contribution in [0.25, 0.3) is 0 Å². The Bertz CT molecular complexity index is 376. The second kappa shape index (κ2) is 4.53. The molecule has 1 rings (SSSR count). The predicted octanol–water partition coefficient (Wildman–Crippen LogP) is 3.14. The molecule has 0 aliphatic rings. The summed E-state index contributed by atoms with van der Waals surface area (Å²) in [5.41, 5.74) is 0.0264. The molecule has 16 heavy (non-hydrogen) atoms. The number of hydrogen-bond acceptors (Lipinski definition) is 3. The minimum absolute atomic E-state index is 0.0264. The smallest absolute Gasteiger partial charge is 0.224 e. The summed E-state index contributed by atoms with van der Waals surface area (Å²) in [5, 5.41) is 0.0596. The van der Waals surface area contributed by atoms with Crippen molar-refractivity contribution in [2.75, 3.05) is 11.9 Å². The molecule has 3 nitrogen and oxygen atoms in total. The van der Waals surface area contributed by atoms with Crippen LogP contribution in [0.15, 0.2) is 6.20 Å². The lowest BCUT2D eigenvalue weighted by Crippen LogP contribution is -2.40. The van der Waals surface area contributed by atoms with Crippen molar-refractivity contribution in [1.29, 1.82) is 0 Å². The molecule has 0 fully saturated rings. The highest BCUT2D eigenvalue weighted by Gasteiger charge is 2.26. The fraction of sp³-hybridized carbons (Fsp3) is 0.636. The van der Waals surface area contributed by atoms with Gasteiger partial charge in [0.05, 0.1) is 6.20 Å². The zero-order chi connectivity index (χ0) is 12.5. The molecular weight excluding hydrogens is 229 g/mol. The molecule has 1 aromatic heterocycles. The van der Waals surface area contributed by atoms with Crippen LogP contribution >= 0.6 is 11.6 Å². The van der Waals surface area contributed by atoms with E-state index >= 15 is 0 Å². The van der Waals surface area contributed by atoms with Gasteiger partial charge >= 0.3 is 0 Å². The first-order valence-electron chi connectivity index (χ1n) is 5.14. The van der Waals surface area contributed by atoms with Crippen LogP contribution in [0.3, 0.4) is 0 Å². The van der Waals surface area contributed by atoms with Crippen molar-refractivity contribution in [3.05, 3.63) is 17.3 Å². The standard InChI is InChI=1S/C11H17ClFN3/c1-7(11(2,3)4)16(5)9-8(13)6-14-10(12)15-9/h6-7H,1-5H3. The third-order valence-corrected chi connectivity index (χ3v) is 3.05. The maximum absolute atomic E-state index is 13.5. The monoisotopic (exact) mass is 245 g/mol. The number of aromatic nitrogens is 2. The first-order chi connectivity index (χ1) is 7.23. The summed E-state index contributed by atoms with van der Waals surface area (Å²) in [6.45, 7) is 8.30. The summed E-state index contributed by atoms with van der Waals surface area (Å²) in [5.74, 6) is -0.217. The van der Waals surface area contributed by atoms with Crippen LogP contribution in [0, 0.1) is 11.2 Å². The van der Waals surface area contributed by atoms with Gasteiger partial charge in [-0.05, 0) is 23.9 Å². The Kier molecular flexibility index (Phi) is 3.73. The SMILES string of the molecule is CC(N(C)c1nc(Cl)ncc1F)C(C)(C)C. The fourth-order valence-electron chi connectivity index (χ4n) is 1.35. The number of halogens is 2. The number of anilines is 1. The van der Waals surface area contributed by atoms with Gasteiger partial charge in [-0.2, -0.15) is 4.98 Å². The van der Waals surface area contributed by atoms with Crippen LogP contribution < -0.4 is 4.90 Å². The molecule has 0 aromatic carbocycles. The van der Waals surface area contributed by atoms with E-state index in [0.29, 0.717) is 0 Å². The third-order valence-electron chi connectivity index (χ3n) is 2.86. The lowest BCUT2D eigenvalue weighted by Gasteiger charge is -2.36. The van der Waals surface area contributed by atoms with Crippen molar-refractivity contribution in [3.8, 4) is 0 Å². The third kappa shape index (κ3) is 2.82. The Morgan fingerprint density at radius 1 is 1.44 bits per heavy atom. The Labute approximate surface area is 101 Å². The minimum Gasteiger partial charge on any atom is -0.354 e. The average molecular weight is 246 g/mol. The van der Waals surface area contributed by atoms with Gasteiger partial charge < -0.3 is 4.90 Å². The highest BCUT2D eigenvalue weighted by atomic mass is 35.5. The molecule has 0 amide bonds.